The van der Waals surface area contributed by atoms with Crippen molar-refractivity contribution >= 4 is 53.1 Å². The fourth-order valence-electron chi connectivity index (χ4n) is 4.79. The lowest BCUT2D eigenvalue weighted by Gasteiger charge is -2.24. The molecule has 0 aliphatic carbocycles. The molecule has 4 aromatic rings. The van der Waals surface area contributed by atoms with Gasteiger partial charge in [-0.1, -0.05) is 12.2 Å². The number of hydrogen-bond donors (Lipinski definition) is 6. The number of nitrogens with one attached hydrogen (secondary N) is 1. The summed E-state index contributed by atoms with van der Waals surface area (Å²) >= 11 is 4.03. The minimum absolute atomic E-state index is 0.0261. The third kappa shape index (κ3) is 5.06. The van der Waals surface area contributed by atoms with Gasteiger partial charge in [0.15, 0.2) is 41.3 Å². The molecule has 21 heteroatoms. The third-order valence-electron chi connectivity index (χ3n) is 6.70. The molecule has 0 amide bonds. The van der Waals surface area contributed by atoms with Gasteiger partial charge in [-0.05, 0) is 0 Å². The second-order valence-electron chi connectivity index (χ2n) is 9.33. The van der Waals surface area contributed by atoms with Gasteiger partial charge in [0.25, 0.3) is 5.56 Å². The van der Waals surface area contributed by atoms with Crippen LogP contribution in [0.1, 0.15) is 18.9 Å². The SMILES string of the molecule is Nc1nc2c(ncn2[C@@H]2O[C@H](CO)C[C@@H]2O[P@](=O)(S)OC[C@H]2O[C@@H](n3cnc4c(N)ncnc43)C(F)[C@H]2O)c(=O)[nH]1. The molecule has 2 aliphatic heterocycles. The molecule has 41 heavy (non-hydrogen) atoms. The van der Waals surface area contributed by atoms with Gasteiger partial charge in [-0.2, -0.15) is 4.98 Å². The fraction of sp³-hybridized carbons (Fsp3) is 0.500. The standard InChI is InChI=1S/C20H24FN10O8PS/c21-10-13(33)9(38-19(10)30-5-26-11-14(22)24-4-25-15(11)30)3-36-40(35,41)39-8-1-7(2-32)37-18(8)31-6-27-12-16(31)28-20(23)29-17(12)34/h4-10,13,18-19,32-33H,1-3H2,(H,35,41)(H2,22,24,25)(H3,23,28,29,34)/t7-,8-,9+,10?,13-,18+,19+,40+/m0/s1. The van der Waals surface area contributed by atoms with E-state index in [9.17, 15) is 19.6 Å². The number of ether oxygens (including phenoxy) is 2. The number of nitrogens with zero attached hydrogens (tertiary/aromatic N) is 7. The van der Waals surface area contributed by atoms with Gasteiger partial charge >= 0.3 is 6.80 Å². The summed E-state index contributed by atoms with van der Waals surface area (Å²) in [5, 5.41) is 20.2. The lowest BCUT2D eigenvalue weighted by Crippen LogP contribution is -2.31. The van der Waals surface area contributed by atoms with Crippen LogP contribution >= 0.6 is 19.0 Å². The molecular weight excluding hydrogens is 590 g/mol. The summed E-state index contributed by atoms with van der Waals surface area (Å²) in [7, 11) is 0. The van der Waals surface area contributed by atoms with Crippen LogP contribution in [0.3, 0.4) is 0 Å². The Hall–Kier alpha value is -3.23. The summed E-state index contributed by atoms with van der Waals surface area (Å²) in [6.07, 6.45) is -5.24. The van der Waals surface area contributed by atoms with Crippen molar-refractivity contribution in [1.29, 1.82) is 0 Å². The van der Waals surface area contributed by atoms with Crippen LogP contribution in [0.15, 0.2) is 23.8 Å². The minimum Gasteiger partial charge on any atom is -0.394 e. The number of aromatic nitrogens is 8. The van der Waals surface area contributed by atoms with E-state index in [0.717, 1.165) is 0 Å². The first kappa shape index (κ1) is 27.9. The number of imidazole rings is 2. The summed E-state index contributed by atoms with van der Waals surface area (Å²) in [4.78, 5) is 34.6. The highest BCUT2D eigenvalue weighted by Gasteiger charge is 2.47. The first-order valence-electron chi connectivity index (χ1n) is 12.1. The number of aliphatic hydroxyl groups is 2. The Balaban J connectivity index is 1.16. The molecule has 0 spiro atoms. The fourth-order valence-corrected chi connectivity index (χ4v) is 6.29. The molecule has 2 fully saturated rings. The molecule has 4 aromatic heterocycles. The van der Waals surface area contributed by atoms with E-state index in [1.807, 2.05) is 0 Å². The number of hydrogen-bond acceptors (Lipinski definition) is 15. The Morgan fingerprint density at radius 1 is 1.15 bits per heavy atom. The maximum Gasteiger partial charge on any atom is 0.386 e. The van der Waals surface area contributed by atoms with Crippen LogP contribution in [0.2, 0.25) is 0 Å². The van der Waals surface area contributed by atoms with Crippen molar-refractivity contribution in [2.45, 2.75) is 49.5 Å². The van der Waals surface area contributed by atoms with E-state index in [0.29, 0.717) is 0 Å². The van der Waals surface area contributed by atoms with Crippen LogP contribution in [0.4, 0.5) is 16.2 Å². The van der Waals surface area contributed by atoms with E-state index in [1.54, 1.807) is 0 Å². The Labute approximate surface area is 233 Å². The molecule has 0 aromatic carbocycles. The Bertz CT molecular complexity index is 1700. The molecule has 1 unspecified atom stereocenters. The molecule has 8 atom stereocenters. The second kappa shape index (κ2) is 10.6. The van der Waals surface area contributed by atoms with Gasteiger partial charge in [0.1, 0.15) is 30.2 Å². The molecule has 0 saturated carbocycles. The Morgan fingerprint density at radius 2 is 1.88 bits per heavy atom. The van der Waals surface area contributed by atoms with Gasteiger partial charge in [-0.3, -0.25) is 28.0 Å². The number of thiol groups is 1. The molecule has 6 rings (SSSR count). The maximum atomic E-state index is 15.1. The zero-order valence-electron chi connectivity index (χ0n) is 20.8. The zero-order chi connectivity index (χ0) is 29.1. The largest absolute Gasteiger partial charge is 0.394 e. The van der Waals surface area contributed by atoms with Crippen molar-refractivity contribution in [1.82, 2.24) is 39.0 Å². The van der Waals surface area contributed by atoms with E-state index >= 15 is 4.39 Å². The number of aromatic amines is 1. The number of nitrogens with two attached hydrogens (primary N) is 2. The molecule has 2 saturated heterocycles. The van der Waals surface area contributed by atoms with Crippen LogP contribution in [0, 0.1) is 0 Å². The van der Waals surface area contributed by atoms with Gasteiger partial charge in [0.2, 0.25) is 5.95 Å². The molecule has 0 radical (unpaired) electrons. The summed E-state index contributed by atoms with van der Waals surface area (Å²) < 4.78 is 53.4. The van der Waals surface area contributed by atoms with Gasteiger partial charge in [-0.25, -0.2) is 28.9 Å². The van der Waals surface area contributed by atoms with Crippen molar-refractivity contribution in [2.75, 3.05) is 24.7 Å². The monoisotopic (exact) mass is 614 g/mol. The quantitative estimate of drug-likeness (QED) is 0.107. The number of aliphatic hydroxyl groups excluding tert-OH is 2. The lowest BCUT2D eigenvalue weighted by atomic mass is 10.1. The van der Waals surface area contributed by atoms with Crippen LogP contribution in [-0.4, -0.2) is 93.1 Å². The van der Waals surface area contributed by atoms with Crippen LogP contribution in [-0.2, 0) is 23.1 Å². The van der Waals surface area contributed by atoms with Crippen molar-refractivity contribution in [3.05, 3.63) is 29.3 Å². The van der Waals surface area contributed by atoms with E-state index < -0.39 is 68.6 Å². The molecule has 220 valence electrons. The number of halogens is 1. The second-order valence-corrected chi connectivity index (χ2v) is 12.2. The number of alkyl halides is 1. The zero-order valence-corrected chi connectivity index (χ0v) is 22.6. The Morgan fingerprint density at radius 3 is 2.63 bits per heavy atom. The van der Waals surface area contributed by atoms with Crippen molar-refractivity contribution in [2.24, 2.45) is 0 Å². The number of anilines is 2. The highest BCUT2D eigenvalue weighted by molar-refractivity contribution is 8.44. The molecule has 7 N–H and O–H groups in total. The van der Waals surface area contributed by atoms with E-state index in [1.165, 1.54) is 28.1 Å². The highest BCUT2D eigenvalue weighted by Crippen LogP contribution is 2.57. The third-order valence-corrected chi connectivity index (χ3v) is 8.34. The molecule has 18 nitrogen and oxygen atoms in total. The predicted molar refractivity (Wildman–Crippen MR) is 140 cm³/mol. The van der Waals surface area contributed by atoms with E-state index in [4.69, 9.17) is 30.0 Å². The van der Waals surface area contributed by atoms with E-state index in [2.05, 4.69) is 42.2 Å². The molecule has 2 aliphatic rings. The normalized spacial score (nSPS) is 29.9. The topological polar surface area (TPSA) is 254 Å². The van der Waals surface area contributed by atoms with Crippen LogP contribution in [0.5, 0.6) is 0 Å². The first-order chi connectivity index (χ1) is 19.6. The van der Waals surface area contributed by atoms with Gasteiger partial charge in [0, 0.05) is 6.42 Å². The summed E-state index contributed by atoms with van der Waals surface area (Å²) in [5.74, 6) is -0.0797. The van der Waals surface area contributed by atoms with Crippen LogP contribution < -0.4 is 17.0 Å². The smallest absolute Gasteiger partial charge is 0.386 e. The Kier molecular flexibility index (Phi) is 7.19. The predicted octanol–water partition coefficient (Wildman–Crippen LogP) is -0.560. The average Bonchev–Trinajstić information content (AvgIpc) is 3.69. The number of H-pyrrole nitrogens is 1. The number of rotatable bonds is 8. The first-order valence-corrected chi connectivity index (χ1v) is 14.8. The van der Waals surface area contributed by atoms with Gasteiger partial charge < -0.3 is 31.2 Å². The lowest BCUT2D eigenvalue weighted by molar-refractivity contribution is -0.0529. The molecule has 0 bridgehead atoms. The van der Waals surface area contributed by atoms with Crippen molar-refractivity contribution < 1.29 is 37.7 Å². The molecular formula is C20H24FN10O8PS. The van der Waals surface area contributed by atoms with Crippen LogP contribution in [0.25, 0.3) is 22.3 Å². The summed E-state index contributed by atoms with van der Waals surface area (Å²) in [6, 6.07) is 0. The maximum absolute atomic E-state index is 15.1. The average molecular weight is 615 g/mol. The number of nitrogen functional groups attached to an aromatic ring is 2. The minimum atomic E-state index is -4.21. The van der Waals surface area contributed by atoms with Crippen molar-refractivity contribution in [3.63, 3.8) is 0 Å². The van der Waals surface area contributed by atoms with E-state index in [-0.39, 0.29) is 40.5 Å². The van der Waals surface area contributed by atoms with Gasteiger partial charge in [0.05, 0.1) is 32.0 Å². The summed E-state index contributed by atoms with van der Waals surface area (Å²) in [6.45, 7) is -5.16. The number of fused-ring (bicyclic) bond motifs is 2. The van der Waals surface area contributed by atoms with Crippen molar-refractivity contribution in [3.8, 4) is 0 Å². The summed E-state index contributed by atoms with van der Waals surface area (Å²) in [5.41, 5.74) is 11.3. The highest BCUT2D eigenvalue weighted by atomic mass is 32.7. The van der Waals surface area contributed by atoms with Gasteiger partial charge in [-0.15, -0.1) is 0 Å². The molecule has 6 heterocycles.